The standard InChI is InChI=1S/C32H27N3O3/c1-21(25-14-13-23-9-7-8-12-26(23)18-25)17-31(36)33-30-16-15-27(19-28(30)32(37)38-3)35-20-29(22(2)34-35)24-10-5-4-6-11-24/h4-20H,1-3H3,(H,33,36)/b21-17-. The van der Waals surface area contributed by atoms with Crippen molar-refractivity contribution >= 4 is 33.9 Å². The lowest BCUT2D eigenvalue weighted by atomic mass is 10.0. The van der Waals surface area contributed by atoms with Crippen LogP contribution in [-0.4, -0.2) is 28.8 Å². The molecule has 4 aromatic carbocycles. The molecule has 0 fully saturated rings. The van der Waals surface area contributed by atoms with Gasteiger partial charge in [-0.15, -0.1) is 0 Å². The quantitative estimate of drug-likeness (QED) is 0.204. The summed E-state index contributed by atoms with van der Waals surface area (Å²) in [5.41, 5.74) is 5.96. The number of amides is 1. The van der Waals surface area contributed by atoms with Crippen molar-refractivity contribution in [3.05, 3.63) is 120 Å². The van der Waals surface area contributed by atoms with Gasteiger partial charge in [0.1, 0.15) is 0 Å². The minimum absolute atomic E-state index is 0.240. The van der Waals surface area contributed by atoms with E-state index in [4.69, 9.17) is 4.74 Å². The number of ether oxygens (including phenoxy) is 1. The fraction of sp³-hybridized carbons (Fsp3) is 0.0938. The smallest absolute Gasteiger partial charge is 0.340 e. The third-order valence-electron chi connectivity index (χ3n) is 6.47. The summed E-state index contributed by atoms with van der Waals surface area (Å²) in [4.78, 5) is 25.6. The molecule has 0 bridgehead atoms. The van der Waals surface area contributed by atoms with Crippen LogP contribution in [0, 0.1) is 6.92 Å². The Bertz CT molecular complexity index is 1680. The SMILES string of the molecule is COC(=O)c1cc(-n2cc(-c3ccccc3)c(C)n2)ccc1NC(=O)/C=C(/C)c1ccc2ccccc2c1. The summed E-state index contributed by atoms with van der Waals surface area (Å²) in [6, 6.07) is 29.3. The van der Waals surface area contributed by atoms with E-state index in [1.165, 1.54) is 13.2 Å². The Hall–Kier alpha value is -4.97. The molecule has 1 N–H and O–H groups in total. The number of nitrogens with one attached hydrogen (secondary N) is 1. The summed E-state index contributed by atoms with van der Waals surface area (Å²) >= 11 is 0. The van der Waals surface area contributed by atoms with Gasteiger partial charge in [-0.3, -0.25) is 4.79 Å². The number of rotatable bonds is 6. The maximum absolute atomic E-state index is 12.9. The van der Waals surface area contributed by atoms with Crippen LogP contribution in [0.3, 0.4) is 0 Å². The summed E-state index contributed by atoms with van der Waals surface area (Å²) in [5, 5.41) is 9.72. The Morgan fingerprint density at radius 1 is 0.895 bits per heavy atom. The minimum atomic E-state index is -0.551. The van der Waals surface area contributed by atoms with E-state index in [2.05, 4.69) is 22.5 Å². The van der Waals surface area contributed by atoms with Crippen LogP contribution in [-0.2, 0) is 9.53 Å². The molecule has 0 saturated heterocycles. The van der Waals surface area contributed by atoms with Crippen molar-refractivity contribution in [2.75, 3.05) is 12.4 Å². The van der Waals surface area contributed by atoms with Crippen molar-refractivity contribution in [1.82, 2.24) is 9.78 Å². The van der Waals surface area contributed by atoms with Crippen LogP contribution in [0.5, 0.6) is 0 Å². The molecule has 0 aliphatic rings. The average Bonchev–Trinajstić information content (AvgIpc) is 3.34. The highest BCUT2D eigenvalue weighted by atomic mass is 16.5. The summed E-state index contributed by atoms with van der Waals surface area (Å²) < 4.78 is 6.73. The molecule has 0 unspecified atom stereocenters. The van der Waals surface area contributed by atoms with Gasteiger partial charge < -0.3 is 10.1 Å². The first kappa shape index (κ1) is 24.7. The zero-order valence-electron chi connectivity index (χ0n) is 21.4. The highest BCUT2D eigenvalue weighted by Crippen LogP contribution is 2.27. The predicted molar refractivity (Wildman–Crippen MR) is 151 cm³/mol. The maximum Gasteiger partial charge on any atom is 0.340 e. The molecule has 0 atom stereocenters. The van der Waals surface area contributed by atoms with E-state index in [1.54, 1.807) is 16.8 Å². The van der Waals surface area contributed by atoms with Crippen LogP contribution in [0.25, 0.3) is 33.2 Å². The Morgan fingerprint density at radius 2 is 1.63 bits per heavy atom. The molecule has 0 saturated carbocycles. The minimum Gasteiger partial charge on any atom is -0.465 e. The average molecular weight is 502 g/mol. The van der Waals surface area contributed by atoms with Gasteiger partial charge in [0.25, 0.3) is 0 Å². The summed E-state index contributed by atoms with van der Waals surface area (Å²) in [5.74, 6) is -0.889. The molecular formula is C32H27N3O3. The van der Waals surface area contributed by atoms with E-state index in [0.717, 1.165) is 38.7 Å². The monoisotopic (exact) mass is 501 g/mol. The van der Waals surface area contributed by atoms with Gasteiger partial charge in [0.2, 0.25) is 5.91 Å². The van der Waals surface area contributed by atoms with Crippen molar-refractivity contribution in [1.29, 1.82) is 0 Å². The molecule has 6 heteroatoms. The number of methoxy groups -OCH3 is 1. The van der Waals surface area contributed by atoms with Crippen LogP contribution in [0.15, 0.2) is 103 Å². The molecule has 1 heterocycles. The van der Waals surface area contributed by atoms with E-state index in [1.807, 2.05) is 86.8 Å². The van der Waals surface area contributed by atoms with E-state index in [-0.39, 0.29) is 11.5 Å². The van der Waals surface area contributed by atoms with Gasteiger partial charge in [0.15, 0.2) is 0 Å². The van der Waals surface area contributed by atoms with Gasteiger partial charge in [-0.1, -0.05) is 66.7 Å². The molecule has 0 aliphatic heterocycles. The van der Waals surface area contributed by atoms with Crippen molar-refractivity contribution in [2.24, 2.45) is 0 Å². The van der Waals surface area contributed by atoms with Crippen LogP contribution >= 0.6 is 0 Å². The molecule has 38 heavy (non-hydrogen) atoms. The van der Waals surface area contributed by atoms with Gasteiger partial charge in [0.05, 0.1) is 29.7 Å². The number of hydrogen-bond acceptors (Lipinski definition) is 4. The number of carbonyl (C=O) groups excluding carboxylic acids is 2. The highest BCUT2D eigenvalue weighted by molar-refractivity contribution is 6.08. The third kappa shape index (κ3) is 5.11. The number of allylic oxidation sites excluding steroid dienone is 1. The van der Waals surface area contributed by atoms with Gasteiger partial charge in [-0.05, 0) is 65.6 Å². The van der Waals surface area contributed by atoms with Crippen molar-refractivity contribution in [3.8, 4) is 16.8 Å². The van der Waals surface area contributed by atoms with E-state index in [0.29, 0.717) is 11.4 Å². The topological polar surface area (TPSA) is 73.2 Å². The number of esters is 1. The normalized spacial score (nSPS) is 11.4. The third-order valence-corrected chi connectivity index (χ3v) is 6.47. The number of aryl methyl sites for hydroxylation is 1. The second kappa shape index (κ2) is 10.6. The first-order valence-corrected chi connectivity index (χ1v) is 12.3. The number of aromatic nitrogens is 2. The largest absolute Gasteiger partial charge is 0.465 e. The van der Waals surface area contributed by atoms with Crippen molar-refractivity contribution < 1.29 is 14.3 Å². The van der Waals surface area contributed by atoms with Gasteiger partial charge in [0, 0.05) is 17.8 Å². The Labute approximate surface area is 221 Å². The fourth-order valence-electron chi connectivity index (χ4n) is 4.44. The number of benzene rings is 4. The van der Waals surface area contributed by atoms with Gasteiger partial charge in [-0.2, -0.15) is 5.10 Å². The lowest BCUT2D eigenvalue weighted by Crippen LogP contribution is -2.14. The maximum atomic E-state index is 12.9. The van der Waals surface area contributed by atoms with Crippen molar-refractivity contribution in [2.45, 2.75) is 13.8 Å². The summed E-state index contributed by atoms with van der Waals surface area (Å²) in [6.45, 7) is 3.83. The Morgan fingerprint density at radius 3 is 2.39 bits per heavy atom. The number of fused-ring (bicyclic) bond motifs is 1. The zero-order chi connectivity index (χ0) is 26.6. The number of anilines is 1. The lowest BCUT2D eigenvalue weighted by Gasteiger charge is -2.11. The van der Waals surface area contributed by atoms with Crippen LogP contribution in [0.2, 0.25) is 0 Å². The molecule has 1 amide bonds. The molecule has 5 aromatic rings. The molecular weight excluding hydrogens is 474 g/mol. The van der Waals surface area contributed by atoms with Crippen LogP contribution < -0.4 is 5.32 Å². The second-order valence-electron chi connectivity index (χ2n) is 9.04. The predicted octanol–water partition coefficient (Wildman–Crippen LogP) is 6.83. The highest BCUT2D eigenvalue weighted by Gasteiger charge is 2.17. The summed E-state index contributed by atoms with van der Waals surface area (Å²) in [7, 11) is 1.32. The number of nitrogens with zero attached hydrogens (tertiary/aromatic N) is 2. The fourth-order valence-corrected chi connectivity index (χ4v) is 4.44. The molecule has 0 radical (unpaired) electrons. The Balaban J connectivity index is 1.42. The molecule has 1 aromatic heterocycles. The van der Waals surface area contributed by atoms with E-state index < -0.39 is 5.97 Å². The Kier molecular flexibility index (Phi) is 6.87. The molecule has 5 rings (SSSR count). The van der Waals surface area contributed by atoms with E-state index >= 15 is 0 Å². The first-order chi connectivity index (χ1) is 18.4. The van der Waals surface area contributed by atoms with Crippen molar-refractivity contribution in [3.63, 3.8) is 0 Å². The van der Waals surface area contributed by atoms with E-state index in [9.17, 15) is 9.59 Å². The van der Waals surface area contributed by atoms with Gasteiger partial charge >= 0.3 is 5.97 Å². The number of carbonyl (C=O) groups is 2. The molecule has 0 aliphatic carbocycles. The first-order valence-electron chi connectivity index (χ1n) is 12.3. The second-order valence-corrected chi connectivity index (χ2v) is 9.04. The van der Waals surface area contributed by atoms with Gasteiger partial charge in [-0.25, -0.2) is 9.48 Å². The molecule has 0 spiro atoms. The van der Waals surface area contributed by atoms with Crippen LogP contribution in [0.1, 0.15) is 28.5 Å². The lowest BCUT2D eigenvalue weighted by molar-refractivity contribution is -0.111. The van der Waals surface area contributed by atoms with Crippen LogP contribution in [0.4, 0.5) is 5.69 Å². The number of hydrogen-bond donors (Lipinski definition) is 1. The summed E-state index contributed by atoms with van der Waals surface area (Å²) in [6.07, 6.45) is 3.46. The molecule has 188 valence electrons. The molecule has 6 nitrogen and oxygen atoms in total. The zero-order valence-corrected chi connectivity index (χ0v) is 21.4.